The third-order valence-electron chi connectivity index (χ3n) is 5.78. The number of fused-ring (bicyclic) bond motifs is 3. The number of rotatable bonds is 2. The standard InChI is InChI=1S/C26H25NO6/c1-26(2,3)33-25(29)27-13-18(16-7-5-6-8-20(16)27)22-12-23-19(14-31-22)24(28)17-11-15(30-4)9-10-21(17)32-23/h5-11,13-14,22-23H,12H2,1-4H3/t22-,23+/m1/s1. The van der Waals surface area contributed by atoms with Gasteiger partial charge in [-0.1, -0.05) is 18.2 Å². The summed E-state index contributed by atoms with van der Waals surface area (Å²) in [7, 11) is 1.56. The summed E-state index contributed by atoms with van der Waals surface area (Å²) in [5.41, 5.74) is 1.89. The van der Waals surface area contributed by atoms with E-state index in [0.29, 0.717) is 29.1 Å². The van der Waals surface area contributed by atoms with Gasteiger partial charge in [0.25, 0.3) is 0 Å². The number of ether oxygens (including phenoxy) is 4. The highest BCUT2D eigenvalue weighted by Gasteiger charge is 2.39. The van der Waals surface area contributed by atoms with Gasteiger partial charge in [-0.15, -0.1) is 0 Å². The average molecular weight is 447 g/mol. The Morgan fingerprint density at radius 3 is 2.67 bits per heavy atom. The minimum Gasteiger partial charge on any atom is -0.497 e. The van der Waals surface area contributed by atoms with Crippen molar-refractivity contribution in [2.45, 2.75) is 45.0 Å². The van der Waals surface area contributed by atoms with E-state index in [9.17, 15) is 9.59 Å². The van der Waals surface area contributed by atoms with Gasteiger partial charge in [-0.05, 0) is 45.0 Å². The fraction of sp³-hybridized carbons (Fsp3) is 0.308. The Morgan fingerprint density at radius 1 is 1.12 bits per heavy atom. The number of carbonyl (C=O) groups excluding carboxylic acids is 2. The van der Waals surface area contributed by atoms with Crippen LogP contribution in [0.3, 0.4) is 0 Å². The van der Waals surface area contributed by atoms with Crippen LogP contribution in [0.2, 0.25) is 0 Å². The van der Waals surface area contributed by atoms with Gasteiger partial charge in [0.1, 0.15) is 29.3 Å². The number of benzene rings is 2. The Balaban J connectivity index is 1.49. The van der Waals surface area contributed by atoms with Gasteiger partial charge in [-0.3, -0.25) is 9.36 Å². The van der Waals surface area contributed by atoms with E-state index in [4.69, 9.17) is 18.9 Å². The average Bonchev–Trinajstić information content (AvgIpc) is 3.17. The third-order valence-corrected chi connectivity index (χ3v) is 5.78. The second-order valence-electron chi connectivity index (χ2n) is 9.18. The topological polar surface area (TPSA) is 76.0 Å². The number of para-hydroxylation sites is 1. The largest absolute Gasteiger partial charge is 0.497 e. The lowest BCUT2D eigenvalue weighted by Gasteiger charge is -2.33. The molecule has 33 heavy (non-hydrogen) atoms. The van der Waals surface area contributed by atoms with Crippen LogP contribution in [-0.4, -0.2) is 35.3 Å². The molecule has 170 valence electrons. The van der Waals surface area contributed by atoms with Crippen LogP contribution in [0.5, 0.6) is 11.5 Å². The molecule has 0 amide bonds. The van der Waals surface area contributed by atoms with Crippen LogP contribution >= 0.6 is 0 Å². The zero-order valence-corrected chi connectivity index (χ0v) is 19.0. The zero-order valence-electron chi connectivity index (χ0n) is 19.0. The van der Waals surface area contributed by atoms with Crippen LogP contribution in [0.4, 0.5) is 4.79 Å². The van der Waals surface area contributed by atoms with Crippen molar-refractivity contribution in [1.29, 1.82) is 0 Å². The lowest BCUT2D eigenvalue weighted by Crippen LogP contribution is -2.34. The van der Waals surface area contributed by atoms with Gasteiger partial charge in [0, 0.05) is 23.6 Å². The molecule has 0 fully saturated rings. The molecular weight excluding hydrogens is 422 g/mol. The molecule has 0 spiro atoms. The van der Waals surface area contributed by atoms with E-state index in [1.54, 1.807) is 31.5 Å². The van der Waals surface area contributed by atoms with Crippen molar-refractivity contribution in [2.75, 3.05) is 7.11 Å². The molecule has 2 aliphatic heterocycles. The summed E-state index contributed by atoms with van der Waals surface area (Å²) in [6.07, 6.45) is 2.39. The third kappa shape index (κ3) is 3.73. The lowest BCUT2D eigenvalue weighted by atomic mass is 9.89. The predicted octanol–water partition coefficient (Wildman–Crippen LogP) is 5.42. The number of Topliss-reactive ketones (excluding diaryl/α,β-unsaturated/α-hetero) is 1. The molecule has 7 nitrogen and oxygen atoms in total. The summed E-state index contributed by atoms with van der Waals surface area (Å²) in [5.74, 6) is 0.990. The van der Waals surface area contributed by atoms with Crippen molar-refractivity contribution in [3.63, 3.8) is 0 Å². The molecule has 2 aliphatic rings. The first-order valence-electron chi connectivity index (χ1n) is 10.8. The van der Waals surface area contributed by atoms with Gasteiger partial charge >= 0.3 is 6.09 Å². The molecule has 7 heteroatoms. The van der Waals surface area contributed by atoms with E-state index in [1.807, 2.05) is 45.0 Å². The molecule has 0 saturated heterocycles. The first-order valence-corrected chi connectivity index (χ1v) is 10.8. The molecule has 3 aromatic rings. The molecule has 1 aromatic heterocycles. The molecule has 0 bridgehead atoms. The monoisotopic (exact) mass is 447 g/mol. The molecule has 0 N–H and O–H groups in total. The molecule has 2 aromatic carbocycles. The lowest BCUT2D eigenvalue weighted by molar-refractivity contribution is 0.0531. The molecule has 0 radical (unpaired) electrons. The second-order valence-corrected chi connectivity index (χ2v) is 9.18. The Kier molecular flexibility index (Phi) is 4.92. The number of hydrogen-bond acceptors (Lipinski definition) is 6. The fourth-order valence-electron chi connectivity index (χ4n) is 4.27. The molecule has 2 atom stereocenters. The summed E-state index contributed by atoms with van der Waals surface area (Å²) in [6, 6.07) is 12.8. The van der Waals surface area contributed by atoms with Crippen molar-refractivity contribution >= 4 is 22.8 Å². The highest BCUT2D eigenvalue weighted by molar-refractivity contribution is 6.12. The quantitative estimate of drug-likeness (QED) is 0.522. The maximum atomic E-state index is 13.1. The SMILES string of the molecule is COc1ccc2c(c1)C(=O)C1=CO[C@@H](c3cn(C(=O)OC(C)(C)C)c4ccccc34)C[C@@H]1O2. The van der Waals surface area contributed by atoms with Crippen LogP contribution in [0.25, 0.3) is 10.9 Å². The normalized spacial score (nSPS) is 19.6. The molecule has 0 saturated carbocycles. The first-order chi connectivity index (χ1) is 15.7. The molecular formula is C26H25NO6. The maximum Gasteiger partial charge on any atom is 0.419 e. The van der Waals surface area contributed by atoms with Crippen molar-refractivity contribution in [2.24, 2.45) is 0 Å². The Labute approximate surface area is 191 Å². The number of ketones is 1. The van der Waals surface area contributed by atoms with Gasteiger partial charge in [0.2, 0.25) is 0 Å². The maximum absolute atomic E-state index is 13.1. The second kappa shape index (κ2) is 7.69. The summed E-state index contributed by atoms with van der Waals surface area (Å²) in [4.78, 5) is 25.9. The van der Waals surface area contributed by atoms with E-state index in [2.05, 4.69) is 0 Å². The van der Waals surface area contributed by atoms with Gasteiger partial charge in [-0.25, -0.2) is 4.79 Å². The highest BCUT2D eigenvalue weighted by atomic mass is 16.6. The van der Waals surface area contributed by atoms with Crippen LogP contribution < -0.4 is 9.47 Å². The van der Waals surface area contributed by atoms with Crippen molar-refractivity contribution in [1.82, 2.24) is 4.57 Å². The summed E-state index contributed by atoms with van der Waals surface area (Å²) >= 11 is 0. The molecule has 0 unspecified atom stereocenters. The molecule has 5 rings (SSSR count). The Bertz CT molecular complexity index is 1300. The summed E-state index contributed by atoms with van der Waals surface area (Å²) < 4.78 is 24.5. The van der Waals surface area contributed by atoms with Crippen molar-refractivity contribution < 1.29 is 28.5 Å². The Hall–Kier alpha value is -3.74. The van der Waals surface area contributed by atoms with Gasteiger partial charge in [-0.2, -0.15) is 0 Å². The minimum atomic E-state index is -0.617. The zero-order chi connectivity index (χ0) is 23.3. The predicted molar refractivity (Wildman–Crippen MR) is 122 cm³/mol. The van der Waals surface area contributed by atoms with E-state index >= 15 is 0 Å². The number of aromatic nitrogens is 1. The van der Waals surface area contributed by atoms with Crippen LogP contribution in [0.15, 0.2) is 60.5 Å². The van der Waals surface area contributed by atoms with Crippen molar-refractivity contribution in [3.05, 3.63) is 71.6 Å². The van der Waals surface area contributed by atoms with Gasteiger partial charge in [0.05, 0.1) is 30.0 Å². The number of nitrogens with zero attached hydrogens (tertiary/aromatic N) is 1. The van der Waals surface area contributed by atoms with Crippen molar-refractivity contribution in [3.8, 4) is 11.5 Å². The minimum absolute atomic E-state index is 0.130. The van der Waals surface area contributed by atoms with Crippen LogP contribution in [0.1, 0.15) is 49.2 Å². The smallest absolute Gasteiger partial charge is 0.419 e. The van der Waals surface area contributed by atoms with Gasteiger partial charge in [0.15, 0.2) is 5.78 Å². The van der Waals surface area contributed by atoms with E-state index in [0.717, 1.165) is 16.5 Å². The van der Waals surface area contributed by atoms with E-state index in [1.165, 1.54) is 10.8 Å². The number of carbonyl (C=O) groups is 2. The number of hydrogen-bond donors (Lipinski definition) is 0. The van der Waals surface area contributed by atoms with Gasteiger partial charge < -0.3 is 18.9 Å². The summed E-state index contributed by atoms with van der Waals surface area (Å²) in [5, 5.41) is 0.887. The van der Waals surface area contributed by atoms with E-state index in [-0.39, 0.29) is 11.9 Å². The van der Waals surface area contributed by atoms with Crippen LogP contribution in [-0.2, 0) is 9.47 Å². The molecule has 0 aliphatic carbocycles. The first kappa shape index (κ1) is 21.1. The summed E-state index contributed by atoms with van der Waals surface area (Å²) in [6.45, 7) is 5.50. The highest BCUT2D eigenvalue weighted by Crippen LogP contribution is 2.41. The fourth-order valence-corrected chi connectivity index (χ4v) is 4.27. The Morgan fingerprint density at radius 2 is 1.91 bits per heavy atom. The van der Waals surface area contributed by atoms with Crippen LogP contribution in [0, 0.1) is 0 Å². The number of methoxy groups -OCH3 is 1. The molecule has 3 heterocycles. The van der Waals surface area contributed by atoms with E-state index < -0.39 is 17.8 Å².